The van der Waals surface area contributed by atoms with Crippen molar-refractivity contribution >= 4 is 11.7 Å². The number of nitrogens with one attached hydrogen (secondary N) is 1. The van der Waals surface area contributed by atoms with Gasteiger partial charge in [0.15, 0.2) is 0 Å². The predicted octanol–water partition coefficient (Wildman–Crippen LogP) is 2.96. The molecule has 118 valence electrons. The second kappa shape index (κ2) is 8.52. The molecule has 0 aliphatic heterocycles. The second-order valence-electron chi connectivity index (χ2n) is 5.69. The number of anilines is 1. The van der Waals surface area contributed by atoms with E-state index in [4.69, 9.17) is 4.74 Å². The van der Waals surface area contributed by atoms with Gasteiger partial charge >= 0.3 is 6.03 Å². The Morgan fingerprint density at radius 3 is 2.62 bits per heavy atom. The number of carbonyl (C=O) groups excluding carboxylic acids is 1. The van der Waals surface area contributed by atoms with E-state index in [1.807, 2.05) is 24.3 Å². The Labute approximate surface area is 126 Å². The minimum absolute atomic E-state index is 0.212. The Bertz CT molecular complexity index is 447. The van der Waals surface area contributed by atoms with E-state index in [2.05, 4.69) is 19.2 Å². The van der Waals surface area contributed by atoms with Gasteiger partial charge in [0, 0.05) is 13.6 Å². The number of aliphatic hydroxyl groups excluding tert-OH is 1. The molecule has 1 aromatic carbocycles. The first kappa shape index (κ1) is 17.3. The largest absolute Gasteiger partial charge is 0.491 e. The zero-order chi connectivity index (χ0) is 15.8. The number of urea groups is 1. The van der Waals surface area contributed by atoms with E-state index in [0.717, 1.165) is 0 Å². The highest BCUT2D eigenvalue weighted by Gasteiger charge is 2.12. The fourth-order valence-electron chi connectivity index (χ4n) is 1.64. The van der Waals surface area contributed by atoms with Crippen LogP contribution in [0.2, 0.25) is 0 Å². The molecule has 0 heterocycles. The van der Waals surface area contributed by atoms with Crippen molar-refractivity contribution in [3.63, 3.8) is 0 Å². The van der Waals surface area contributed by atoms with Crippen molar-refractivity contribution in [2.24, 2.45) is 5.92 Å². The third-order valence-electron chi connectivity index (χ3n) is 2.93. The number of nitrogens with zero attached hydrogens (tertiary/aromatic N) is 1. The maximum absolute atomic E-state index is 12.1. The van der Waals surface area contributed by atoms with Crippen molar-refractivity contribution < 1.29 is 14.6 Å². The monoisotopic (exact) mass is 294 g/mol. The van der Waals surface area contributed by atoms with E-state index in [0.29, 0.717) is 36.9 Å². The third kappa shape index (κ3) is 6.49. The minimum atomic E-state index is -0.415. The lowest BCUT2D eigenvalue weighted by atomic mass is 10.2. The number of carbonyl (C=O) groups is 1. The second-order valence-corrected chi connectivity index (χ2v) is 5.69. The number of para-hydroxylation sites is 2. The first-order valence-electron chi connectivity index (χ1n) is 7.32. The summed E-state index contributed by atoms with van der Waals surface area (Å²) in [6.45, 7) is 6.96. The van der Waals surface area contributed by atoms with Crippen molar-refractivity contribution in [2.75, 3.05) is 25.5 Å². The van der Waals surface area contributed by atoms with Gasteiger partial charge in [0.2, 0.25) is 0 Å². The van der Waals surface area contributed by atoms with Gasteiger partial charge in [-0.2, -0.15) is 0 Å². The standard InChI is InChI=1S/C16H26N2O3/c1-12(2)11-21-15-8-6-5-7-14(15)17-16(20)18(4)10-9-13(3)19/h5-8,12-13,19H,9-11H2,1-4H3,(H,17,20). The molecule has 5 heteroatoms. The average molecular weight is 294 g/mol. The highest BCUT2D eigenvalue weighted by atomic mass is 16.5. The molecule has 0 saturated carbocycles. The molecule has 1 aromatic rings. The summed E-state index contributed by atoms with van der Waals surface area (Å²) in [5.74, 6) is 1.09. The molecular weight excluding hydrogens is 268 g/mol. The predicted molar refractivity (Wildman–Crippen MR) is 84.7 cm³/mol. The maximum atomic E-state index is 12.1. The molecule has 2 amide bonds. The summed E-state index contributed by atoms with van der Waals surface area (Å²) in [5, 5.41) is 12.1. The van der Waals surface area contributed by atoms with Gasteiger partial charge in [-0.15, -0.1) is 0 Å². The molecule has 0 bridgehead atoms. The van der Waals surface area contributed by atoms with Gasteiger partial charge in [0.25, 0.3) is 0 Å². The zero-order valence-electron chi connectivity index (χ0n) is 13.3. The smallest absolute Gasteiger partial charge is 0.321 e. The van der Waals surface area contributed by atoms with Crippen molar-refractivity contribution in [3.05, 3.63) is 24.3 Å². The quantitative estimate of drug-likeness (QED) is 0.812. The number of aliphatic hydroxyl groups is 1. The number of rotatable bonds is 7. The van der Waals surface area contributed by atoms with Crippen molar-refractivity contribution in [1.82, 2.24) is 4.90 Å². The molecule has 21 heavy (non-hydrogen) atoms. The van der Waals surface area contributed by atoms with Crippen LogP contribution in [-0.4, -0.2) is 42.3 Å². The van der Waals surface area contributed by atoms with Crippen LogP contribution in [0, 0.1) is 5.92 Å². The van der Waals surface area contributed by atoms with Gasteiger partial charge in [0.05, 0.1) is 18.4 Å². The van der Waals surface area contributed by atoms with Gasteiger partial charge in [0.1, 0.15) is 5.75 Å². The molecule has 0 saturated heterocycles. The van der Waals surface area contributed by atoms with E-state index in [-0.39, 0.29) is 6.03 Å². The Kier molecular flexibility index (Phi) is 7.02. The van der Waals surface area contributed by atoms with Crippen LogP contribution in [0.5, 0.6) is 5.75 Å². The van der Waals surface area contributed by atoms with Crippen LogP contribution in [0.25, 0.3) is 0 Å². The SMILES string of the molecule is CC(C)COc1ccccc1NC(=O)N(C)CCC(C)O. The molecule has 1 atom stereocenters. The van der Waals surface area contributed by atoms with Crippen LogP contribution in [0.4, 0.5) is 10.5 Å². The maximum Gasteiger partial charge on any atom is 0.321 e. The Balaban J connectivity index is 2.62. The normalized spacial score (nSPS) is 12.1. The van der Waals surface area contributed by atoms with E-state index in [9.17, 15) is 9.90 Å². The molecule has 1 rings (SSSR count). The lowest BCUT2D eigenvalue weighted by Crippen LogP contribution is -2.33. The molecule has 0 aliphatic rings. The molecule has 0 radical (unpaired) electrons. The van der Waals surface area contributed by atoms with Gasteiger partial charge < -0.3 is 20.1 Å². The summed E-state index contributed by atoms with van der Waals surface area (Å²) in [6.07, 6.45) is 0.136. The van der Waals surface area contributed by atoms with Crippen LogP contribution in [-0.2, 0) is 0 Å². The summed E-state index contributed by atoms with van der Waals surface area (Å²) < 4.78 is 5.70. The van der Waals surface area contributed by atoms with Crippen molar-refractivity contribution in [1.29, 1.82) is 0 Å². The number of benzene rings is 1. The first-order valence-corrected chi connectivity index (χ1v) is 7.32. The van der Waals surface area contributed by atoms with E-state index in [1.54, 1.807) is 18.9 Å². The highest BCUT2D eigenvalue weighted by molar-refractivity contribution is 5.90. The fraction of sp³-hybridized carbons (Fsp3) is 0.562. The summed E-state index contributed by atoms with van der Waals surface area (Å²) in [6, 6.07) is 7.18. The zero-order valence-corrected chi connectivity index (χ0v) is 13.3. The molecule has 0 aromatic heterocycles. The van der Waals surface area contributed by atoms with Crippen LogP contribution in [0.15, 0.2) is 24.3 Å². The van der Waals surface area contributed by atoms with E-state index < -0.39 is 6.10 Å². The number of hydrogen-bond acceptors (Lipinski definition) is 3. The van der Waals surface area contributed by atoms with E-state index >= 15 is 0 Å². The Morgan fingerprint density at radius 2 is 2.00 bits per heavy atom. The number of ether oxygens (including phenoxy) is 1. The highest BCUT2D eigenvalue weighted by Crippen LogP contribution is 2.24. The molecule has 0 spiro atoms. The number of hydrogen-bond donors (Lipinski definition) is 2. The summed E-state index contributed by atoms with van der Waals surface area (Å²) >= 11 is 0. The lowest BCUT2D eigenvalue weighted by Gasteiger charge is -2.20. The van der Waals surface area contributed by atoms with Crippen molar-refractivity contribution in [3.8, 4) is 5.75 Å². The van der Waals surface area contributed by atoms with Crippen molar-refractivity contribution in [2.45, 2.75) is 33.3 Å². The van der Waals surface area contributed by atoms with Crippen LogP contribution in [0.3, 0.4) is 0 Å². The van der Waals surface area contributed by atoms with Gasteiger partial charge in [-0.1, -0.05) is 26.0 Å². The number of amides is 2. The summed E-state index contributed by atoms with van der Waals surface area (Å²) in [5.41, 5.74) is 0.659. The van der Waals surface area contributed by atoms with Crippen LogP contribution in [0.1, 0.15) is 27.2 Å². The minimum Gasteiger partial charge on any atom is -0.491 e. The Morgan fingerprint density at radius 1 is 1.33 bits per heavy atom. The first-order chi connectivity index (χ1) is 9.90. The summed E-state index contributed by atoms with van der Waals surface area (Å²) in [4.78, 5) is 13.6. The molecular formula is C16H26N2O3. The lowest BCUT2D eigenvalue weighted by molar-refractivity contribution is 0.167. The van der Waals surface area contributed by atoms with Gasteiger partial charge in [-0.3, -0.25) is 0 Å². The van der Waals surface area contributed by atoms with Gasteiger partial charge in [-0.25, -0.2) is 4.79 Å². The fourth-order valence-corrected chi connectivity index (χ4v) is 1.64. The Hall–Kier alpha value is -1.75. The molecule has 2 N–H and O–H groups in total. The molecule has 0 aliphatic carbocycles. The molecule has 1 unspecified atom stereocenters. The summed E-state index contributed by atoms with van der Waals surface area (Å²) in [7, 11) is 1.70. The van der Waals surface area contributed by atoms with Crippen LogP contribution < -0.4 is 10.1 Å². The third-order valence-corrected chi connectivity index (χ3v) is 2.93. The average Bonchev–Trinajstić information content (AvgIpc) is 2.43. The molecule has 5 nitrogen and oxygen atoms in total. The van der Waals surface area contributed by atoms with E-state index in [1.165, 1.54) is 0 Å². The topological polar surface area (TPSA) is 61.8 Å². The van der Waals surface area contributed by atoms with Gasteiger partial charge in [-0.05, 0) is 31.4 Å². The van der Waals surface area contributed by atoms with Crippen LogP contribution >= 0.6 is 0 Å². The molecule has 0 fully saturated rings.